The Hall–Kier alpha value is -1.45. The number of anilines is 1. The van der Waals surface area contributed by atoms with Gasteiger partial charge >= 0.3 is 0 Å². The van der Waals surface area contributed by atoms with E-state index >= 15 is 0 Å². The minimum absolute atomic E-state index is 0.839. The van der Waals surface area contributed by atoms with Gasteiger partial charge in [0.15, 0.2) is 0 Å². The van der Waals surface area contributed by atoms with E-state index in [1.54, 1.807) is 6.26 Å². The molecule has 1 aromatic carbocycles. The summed E-state index contributed by atoms with van der Waals surface area (Å²) in [6.45, 7) is 5.10. The number of hydrogen-bond acceptors (Lipinski definition) is 3. The Morgan fingerprint density at radius 2 is 1.84 bits per heavy atom. The maximum absolute atomic E-state index is 6.24. The van der Waals surface area contributed by atoms with Gasteiger partial charge in [0, 0.05) is 38.3 Å². The van der Waals surface area contributed by atoms with E-state index in [1.165, 1.54) is 5.56 Å². The second-order valence-electron chi connectivity index (χ2n) is 4.85. The molecule has 3 rings (SSSR count). The van der Waals surface area contributed by atoms with Gasteiger partial charge in [0.2, 0.25) is 0 Å². The molecular formula is C15H17ClN2O. The summed E-state index contributed by atoms with van der Waals surface area (Å²) in [4.78, 5) is 4.80. The van der Waals surface area contributed by atoms with Crippen LogP contribution in [-0.2, 0) is 6.54 Å². The Labute approximate surface area is 118 Å². The average molecular weight is 277 g/mol. The fourth-order valence-electron chi connectivity index (χ4n) is 2.50. The molecule has 19 heavy (non-hydrogen) atoms. The average Bonchev–Trinajstić information content (AvgIpc) is 2.93. The molecule has 4 heteroatoms. The fraction of sp³-hybridized carbons (Fsp3) is 0.333. The normalized spacial score (nSPS) is 16.8. The van der Waals surface area contributed by atoms with Crippen LogP contribution in [0.2, 0.25) is 5.02 Å². The molecule has 2 heterocycles. The summed E-state index contributed by atoms with van der Waals surface area (Å²) in [6.07, 6.45) is 3.55. The van der Waals surface area contributed by atoms with Crippen molar-refractivity contribution in [3.8, 4) is 0 Å². The van der Waals surface area contributed by atoms with Crippen LogP contribution >= 0.6 is 11.6 Å². The van der Waals surface area contributed by atoms with Gasteiger partial charge in [-0.25, -0.2) is 0 Å². The number of para-hydroxylation sites is 1. The Morgan fingerprint density at radius 1 is 1.05 bits per heavy atom. The van der Waals surface area contributed by atoms with E-state index in [0.29, 0.717) is 0 Å². The van der Waals surface area contributed by atoms with Gasteiger partial charge in [-0.2, -0.15) is 0 Å². The first-order valence-corrected chi connectivity index (χ1v) is 6.93. The standard InChI is InChI=1S/C15H17ClN2O/c16-14-3-1-2-4-15(14)18-8-6-17(7-9-18)11-13-5-10-19-12-13/h1-5,10,12H,6-9,11H2. The lowest BCUT2D eigenvalue weighted by Gasteiger charge is -2.36. The molecule has 2 aromatic rings. The van der Waals surface area contributed by atoms with E-state index in [1.807, 2.05) is 30.5 Å². The second-order valence-corrected chi connectivity index (χ2v) is 5.25. The van der Waals surface area contributed by atoms with Gasteiger partial charge in [-0.3, -0.25) is 4.90 Å². The SMILES string of the molecule is Clc1ccccc1N1CCN(Cc2ccoc2)CC1. The van der Waals surface area contributed by atoms with Gasteiger partial charge in [-0.15, -0.1) is 0 Å². The van der Waals surface area contributed by atoms with Gasteiger partial charge in [0.1, 0.15) is 0 Å². The van der Waals surface area contributed by atoms with Crippen LogP contribution in [0.4, 0.5) is 5.69 Å². The minimum atomic E-state index is 0.839. The highest BCUT2D eigenvalue weighted by atomic mass is 35.5. The topological polar surface area (TPSA) is 19.6 Å². The highest BCUT2D eigenvalue weighted by Crippen LogP contribution is 2.26. The van der Waals surface area contributed by atoms with E-state index in [9.17, 15) is 0 Å². The summed E-state index contributed by atoms with van der Waals surface area (Å²) in [5.41, 5.74) is 2.39. The van der Waals surface area contributed by atoms with Gasteiger partial charge in [0.25, 0.3) is 0 Å². The van der Waals surface area contributed by atoms with Crippen molar-refractivity contribution in [2.45, 2.75) is 6.54 Å². The molecule has 1 aromatic heterocycles. The molecule has 0 spiro atoms. The van der Waals surface area contributed by atoms with E-state index in [4.69, 9.17) is 16.0 Å². The predicted octanol–water partition coefficient (Wildman–Crippen LogP) is 3.26. The quantitative estimate of drug-likeness (QED) is 0.858. The highest BCUT2D eigenvalue weighted by molar-refractivity contribution is 6.33. The number of benzene rings is 1. The molecule has 0 aliphatic carbocycles. The fourth-order valence-corrected chi connectivity index (χ4v) is 2.75. The molecule has 0 atom stereocenters. The number of hydrogen-bond donors (Lipinski definition) is 0. The van der Waals surface area contributed by atoms with Crippen molar-refractivity contribution >= 4 is 17.3 Å². The van der Waals surface area contributed by atoms with E-state index in [2.05, 4.69) is 15.9 Å². The smallest absolute Gasteiger partial charge is 0.0947 e. The molecule has 0 radical (unpaired) electrons. The number of halogens is 1. The zero-order chi connectivity index (χ0) is 13.1. The van der Waals surface area contributed by atoms with Gasteiger partial charge in [-0.1, -0.05) is 23.7 Å². The lowest BCUT2D eigenvalue weighted by atomic mass is 10.2. The summed E-state index contributed by atoms with van der Waals surface area (Å²) in [6, 6.07) is 10.1. The van der Waals surface area contributed by atoms with Crippen molar-refractivity contribution in [3.05, 3.63) is 53.4 Å². The lowest BCUT2D eigenvalue weighted by molar-refractivity contribution is 0.249. The van der Waals surface area contributed by atoms with Crippen LogP contribution in [0.3, 0.4) is 0 Å². The lowest BCUT2D eigenvalue weighted by Crippen LogP contribution is -2.46. The third-order valence-electron chi connectivity index (χ3n) is 3.55. The van der Waals surface area contributed by atoms with E-state index < -0.39 is 0 Å². The van der Waals surface area contributed by atoms with Crippen LogP contribution in [0.1, 0.15) is 5.56 Å². The Kier molecular flexibility index (Phi) is 3.76. The predicted molar refractivity (Wildman–Crippen MR) is 77.7 cm³/mol. The number of piperazine rings is 1. The van der Waals surface area contributed by atoms with Crippen LogP contribution < -0.4 is 4.90 Å². The van der Waals surface area contributed by atoms with Crippen molar-refractivity contribution in [1.82, 2.24) is 4.90 Å². The van der Waals surface area contributed by atoms with Crippen LogP contribution in [0.25, 0.3) is 0 Å². The number of nitrogens with zero attached hydrogens (tertiary/aromatic N) is 2. The maximum atomic E-state index is 6.24. The molecule has 100 valence electrons. The largest absolute Gasteiger partial charge is 0.472 e. The second kappa shape index (κ2) is 5.68. The summed E-state index contributed by atoms with van der Waals surface area (Å²) in [5, 5.41) is 0.839. The third-order valence-corrected chi connectivity index (χ3v) is 3.87. The monoisotopic (exact) mass is 276 g/mol. The molecule has 1 fully saturated rings. The number of rotatable bonds is 3. The highest BCUT2D eigenvalue weighted by Gasteiger charge is 2.18. The van der Waals surface area contributed by atoms with E-state index in [-0.39, 0.29) is 0 Å². The van der Waals surface area contributed by atoms with Gasteiger partial charge in [0.05, 0.1) is 23.2 Å². The molecule has 1 aliphatic heterocycles. The molecule has 3 nitrogen and oxygen atoms in total. The van der Waals surface area contributed by atoms with E-state index in [0.717, 1.165) is 43.4 Å². The summed E-state index contributed by atoms with van der Waals surface area (Å²) < 4.78 is 5.11. The van der Waals surface area contributed by atoms with Crippen molar-refractivity contribution < 1.29 is 4.42 Å². The molecule has 0 unspecified atom stereocenters. The van der Waals surface area contributed by atoms with Crippen molar-refractivity contribution in [1.29, 1.82) is 0 Å². The first-order valence-electron chi connectivity index (χ1n) is 6.56. The third kappa shape index (κ3) is 2.94. The Balaban J connectivity index is 1.59. The van der Waals surface area contributed by atoms with Crippen molar-refractivity contribution in [2.75, 3.05) is 31.1 Å². The van der Waals surface area contributed by atoms with Crippen LogP contribution in [0.5, 0.6) is 0 Å². The van der Waals surface area contributed by atoms with Crippen LogP contribution in [-0.4, -0.2) is 31.1 Å². The zero-order valence-corrected chi connectivity index (χ0v) is 11.5. The summed E-state index contributed by atoms with van der Waals surface area (Å²) >= 11 is 6.24. The van der Waals surface area contributed by atoms with Gasteiger partial charge in [-0.05, 0) is 18.2 Å². The van der Waals surface area contributed by atoms with Gasteiger partial charge < -0.3 is 9.32 Å². The first kappa shape index (κ1) is 12.6. The molecular weight excluding hydrogens is 260 g/mol. The first-order chi connectivity index (χ1) is 9.33. The van der Waals surface area contributed by atoms with Crippen molar-refractivity contribution in [2.24, 2.45) is 0 Å². The molecule has 1 aliphatic rings. The molecule has 0 amide bonds. The molecule has 0 bridgehead atoms. The Morgan fingerprint density at radius 3 is 2.53 bits per heavy atom. The summed E-state index contributed by atoms with van der Waals surface area (Å²) in [7, 11) is 0. The molecule has 0 saturated carbocycles. The zero-order valence-electron chi connectivity index (χ0n) is 10.8. The van der Waals surface area contributed by atoms with Crippen LogP contribution in [0, 0.1) is 0 Å². The molecule has 1 saturated heterocycles. The van der Waals surface area contributed by atoms with Crippen LogP contribution in [0.15, 0.2) is 47.3 Å². The maximum Gasteiger partial charge on any atom is 0.0947 e. The number of furan rings is 1. The summed E-state index contributed by atoms with van der Waals surface area (Å²) in [5.74, 6) is 0. The molecule has 0 N–H and O–H groups in total. The minimum Gasteiger partial charge on any atom is -0.472 e. The van der Waals surface area contributed by atoms with Crippen molar-refractivity contribution in [3.63, 3.8) is 0 Å². The Bertz CT molecular complexity index is 519.